The molecule has 2 fully saturated rings. The first-order chi connectivity index (χ1) is 23.9. The van der Waals surface area contributed by atoms with Crippen LogP contribution in [0, 0.1) is 12.3 Å². The van der Waals surface area contributed by atoms with Crippen LogP contribution in [-0.4, -0.2) is 70.1 Å². The Bertz CT molecular complexity index is 1940. The van der Waals surface area contributed by atoms with Crippen LogP contribution >= 0.6 is 0 Å². The van der Waals surface area contributed by atoms with Crippen molar-refractivity contribution >= 4 is 23.7 Å². The Balaban J connectivity index is 1.16. The minimum absolute atomic E-state index is 0.0916. The quantitative estimate of drug-likeness (QED) is 0.239. The maximum atomic E-state index is 14.9. The third-order valence-electron chi connectivity index (χ3n) is 9.62. The van der Waals surface area contributed by atoms with Crippen molar-refractivity contribution in [2.75, 3.05) is 36.9 Å². The van der Waals surface area contributed by atoms with Crippen LogP contribution in [0.2, 0.25) is 0 Å². The number of alkyl halides is 3. The van der Waals surface area contributed by atoms with Gasteiger partial charge in [0.1, 0.15) is 18.5 Å². The maximum absolute atomic E-state index is 14.9. The Hall–Kier alpha value is -5.18. The normalized spacial score (nSPS) is 18.9. The zero-order chi connectivity index (χ0) is 35.2. The van der Waals surface area contributed by atoms with Gasteiger partial charge in [0.05, 0.1) is 23.6 Å². The molecule has 4 aromatic rings. The molecule has 0 bridgehead atoms. The Morgan fingerprint density at radius 2 is 1.88 bits per heavy atom. The number of esters is 2. The predicted molar refractivity (Wildman–Crippen MR) is 176 cm³/mol. The van der Waals surface area contributed by atoms with Crippen molar-refractivity contribution in [2.45, 2.75) is 58.0 Å². The third-order valence-corrected chi connectivity index (χ3v) is 9.62. The van der Waals surface area contributed by atoms with Gasteiger partial charge in [-0.25, -0.2) is 9.48 Å². The van der Waals surface area contributed by atoms with E-state index in [1.54, 1.807) is 56.4 Å². The largest absolute Gasteiger partial charge is 0.465 e. The molecular formula is C35H36F3N7O5. The van der Waals surface area contributed by atoms with Crippen LogP contribution in [0.1, 0.15) is 59.5 Å². The standard InChI is InChI=1S/C35H36F3N7O5/c1-3-48-32(47)26-17-34(19-40-26)9-12-44(13-10-34)28-16-29(42-33(39)41-28)50-30(35(36,37)38)25-7-5-22(15-27(25)45-11-8-20(2)43-45)21-4-6-24-23(14-21)18-49-31(24)46/h4-8,11,14-16,26,30,40H,3,9-10,12-13,17-19H2,1-2H3,(H2,39,41,42)/t26-,30+/m0/s1. The van der Waals surface area contributed by atoms with E-state index < -0.39 is 18.2 Å². The highest BCUT2D eigenvalue weighted by Gasteiger charge is 2.46. The minimum atomic E-state index is -4.86. The van der Waals surface area contributed by atoms with E-state index in [2.05, 4.69) is 20.4 Å². The van der Waals surface area contributed by atoms with E-state index in [0.29, 0.717) is 66.4 Å². The van der Waals surface area contributed by atoms with Crippen molar-refractivity contribution in [2.24, 2.45) is 5.41 Å². The second kappa shape index (κ2) is 12.9. The first kappa shape index (κ1) is 33.3. The zero-order valence-electron chi connectivity index (χ0n) is 27.5. The summed E-state index contributed by atoms with van der Waals surface area (Å²) in [4.78, 5) is 34.5. The molecular weight excluding hydrogens is 655 g/mol. The van der Waals surface area contributed by atoms with E-state index in [0.717, 1.165) is 12.8 Å². The lowest BCUT2D eigenvalue weighted by molar-refractivity contribution is -0.198. The number of nitrogens with two attached hydrogens (primary N) is 1. The first-order valence-electron chi connectivity index (χ1n) is 16.4. The fourth-order valence-corrected chi connectivity index (χ4v) is 7.00. The van der Waals surface area contributed by atoms with Gasteiger partial charge < -0.3 is 30.2 Å². The Kier molecular flexibility index (Phi) is 8.62. The number of benzene rings is 2. The van der Waals surface area contributed by atoms with Gasteiger partial charge in [-0.3, -0.25) is 4.79 Å². The topological polar surface area (TPSA) is 147 Å². The monoisotopic (exact) mass is 691 g/mol. The van der Waals surface area contributed by atoms with Gasteiger partial charge in [0.15, 0.2) is 0 Å². The first-order valence-corrected chi connectivity index (χ1v) is 16.4. The zero-order valence-corrected chi connectivity index (χ0v) is 27.5. The summed E-state index contributed by atoms with van der Waals surface area (Å²) in [5, 5.41) is 7.68. The van der Waals surface area contributed by atoms with Gasteiger partial charge >= 0.3 is 18.1 Å². The lowest BCUT2D eigenvalue weighted by Gasteiger charge is -2.39. The average Bonchev–Trinajstić information content (AvgIpc) is 3.81. The number of nitrogens with one attached hydrogen (secondary N) is 1. The van der Waals surface area contributed by atoms with Gasteiger partial charge in [0.25, 0.3) is 0 Å². The van der Waals surface area contributed by atoms with Crippen LogP contribution in [0.3, 0.4) is 0 Å². The third kappa shape index (κ3) is 6.56. The number of carbonyl (C=O) groups is 2. The summed E-state index contributed by atoms with van der Waals surface area (Å²) >= 11 is 0. The van der Waals surface area contributed by atoms with E-state index in [4.69, 9.17) is 19.9 Å². The molecule has 5 heterocycles. The Labute approximate surface area is 285 Å². The summed E-state index contributed by atoms with van der Waals surface area (Å²) in [6, 6.07) is 12.4. The van der Waals surface area contributed by atoms with E-state index in [1.165, 1.54) is 16.8 Å². The van der Waals surface area contributed by atoms with E-state index in [1.807, 2.05) is 4.90 Å². The summed E-state index contributed by atoms with van der Waals surface area (Å²) in [5.41, 5.74) is 8.99. The second-order valence-electron chi connectivity index (χ2n) is 13.0. The number of piperidine rings is 1. The highest BCUT2D eigenvalue weighted by atomic mass is 19.4. The number of fused-ring (bicyclic) bond motifs is 1. The summed E-state index contributed by atoms with van der Waals surface area (Å²) in [5.74, 6) is -0.856. The number of ether oxygens (including phenoxy) is 3. The smallest absolute Gasteiger partial charge is 0.429 e. The second-order valence-corrected chi connectivity index (χ2v) is 13.0. The molecule has 7 rings (SSSR count). The van der Waals surface area contributed by atoms with Crippen LogP contribution in [-0.2, 0) is 20.9 Å². The van der Waals surface area contributed by atoms with Crippen molar-refractivity contribution in [1.82, 2.24) is 25.1 Å². The number of anilines is 2. The van der Waals surface area contributed by atoms with Crippen molar-refractivity contribution in [3.8, 4) is 22.7 Å². The predicted octanol–water partition coefficient (Wildman–Crippen LogP) is 5.08. The average molecular weight is 692 g/mol. The highest BCUT2D eigenvalue weighted by molar-refractivity contribution is 5.94. The molecule has 2 atom stereocenters. The molecule has 3 N–H and O–H groups in total. The van der Waals surface area contributed by atoms with Gasteiger partial charge in [0, 0.05) is 43.0 Å². The molecule has 15 heteroatoms. The number of aryl methyl sites for hydroxylation is 1. The molecule has 0 saturated carbocycles. The van der Waals surface area contributed by atoms with Crippen LogP contribution in [0.4, 0.5) is 24.9 Å². The van der Waals surface area contributed by atoms with Crippen LogP contribution in [0.25, 0.3) is 16.8 Å². The van der Waals surface area contributed by atoms with Crippen LogP contribution < -0.4 is 20.7 Å². The number of halogens is 3. The number of nitrogen functional groups attached to an aromatic ring is 1. The van der Waals surface area contributed by atoms with Crippen LogP contribution in [0.5, 0.6) is 5.88 Å². The van der Waals surface area contributed by atoms with Gasteiger partial charge in [-0.15, -0.1) is 0 Å². The molecule has 0 radical (unpaired) electrons. The molecule has 2 saturated heterocycles. The molecule has 12 nitrogen and oxygen atoms in total. The summed E-state index contributed by atoms with van der Waals surface area (Å²) in [6.45, 7) is 5.75. The van der Waals surface area contributed by atoms with E-state index in [-0.39, 0.29) is 47.1 Å². The van der Waals surface area contributed by atoms with Gasteiger partial charge in [-0.05, 0) is 73.9 Å². The number of hydrogen-bond donors (Lipinski definition) is 2. The van der Waals surface area contributed by atoms with E-state index >= 15 is 0 Å². The number of cyclic esters (lactones) is 1. The van der Waals surface area contributed by atoms with Crippen LogP contribution in [0.15, 0.2) is 54.7 Å². The molecule has 262 valence electrons. The molecule has 2 aromatic carbocycles. The summed E-state index contributed by atoms with van der Waals surface area (Å²) in [6.07, 6.45) is -3.56. The highest BCUT2D eigenvalue weighted by Crippen LogP contribution is 2.43. The number of nitrogens with zero attached hydrogens (tertiary/aromatic N) is 5. The minimum Gasteiger partial charge on any atom is -0.465 e. The molecule has 0 unspecified atom stereocenters. The summed E-state index contributed by atoms with van der Waals surface area (Å²) in [7, 11) is 0. The van der Waals surface area contributed by atoms with Crippen molar-refractivity contribution in [1.29, 1.82) is 0 Å². The molecule has 1 spiro atoms. The van der Waals surface area contributed by atoms with Gasteiger partial charge in [0.2, 0.25) is 17.9 Å². The van der Waals surface area contributed by atoms with Crippen molar-refractivity contribution < 1.29 is 37.0 Å². The number of aromatic nitrogens is 4. The van der Waals surface area contributed by atoms with Crippen molar-refractivity contribution in [3.05, 3.63) is 77.1 Å². The number of rotatable bonds is 8. The van der Waals surface area contributed by atoms with Gasteiger partial charge in [-0.1, -0.05) is 18.2 Å². The van der Waals surface area contributed by atoms with E-state index in [9.17, 15) is 22.8 Å². The Morgan fingerprint density at radius 1 is 1.12 bits per heavy atom. The molecule has 0 amide bonds. The molecule has 0 aliphatic carbocycles. The lowest BCUT2D eigenvalue weighted by atomic mass is 9.76. The number of hydrogen-bond acceptors (Lipinski definition) is 11. The molecule has 3 aliphatic heterocycles. The maximum Gasteiger partial charge on any atom is 0.429 e. The van der Waals surface area contributed by atoms with Crippen molar-refractivity contribution in [3.63, 3.8) is 0 Å². The summed E-state index contributed by atoms with van der Waals surface area (Å²) < 4.78 is 62.2. The molecule has 50 heavy (non-hydrogen) atoms. The van der Waals surface area contributed by atoms with Gasteiger partial charge in [-0.2, -0.15) is 28.2 Å². The number of carbonyl (C=O) groups excluding carboxylic acids is 2. The fourth-order valence-electron chi connectivity index (χ4n) is 7.00. The molecule has 2 aromatic heterocycles. The SMILES string of the molecule is CCOC(=O)[C@@H]1CC2(CCN(c3cc(O[C@H](c4ccc(-c5ccc6c(c5)COC6=O)cc4-n4ccc(C)n4)C(F)(F)F)nc(N)n3)CC2)CN1. The Morgan fingerprint density at radius 3 is 2.60 bits per heavy atom. The molecule has 3 aliphatic rings. The lowest BCUT2D eigenvalue weighted by Crippen LogP contribution is -2.41. The fraction of sp³-hybridized carbons (Fsp3) is 0.400.